The maximum atomic E-state index is 13.6. The Morgan fingerprint density at radius 3 is 2.31 bits per heavy atom. The largest absolute Gasteiger partial charge is 0.399 e. The third kappa shape index (κ3) is 1.80. The van der Waals surface area contributed by atoms with E-state index < -0.39 is 11.6 Å². The molecular weight excluding hydrogens is 280 g/mol. The molecule has 3 nitrogen and oxygen atoms in total. The average molecular weight is 288 g/mol. The number of nitrogens with zero attached hydrogens (tertiary/aromatic N) is 2. The summed E-state index contributed by atoms with van der Waals surface area (Å²) in [5.41, 5.74) is 5.84. The number of nitrogen functional groups attached to an aromatic ring is 1. The normalized spacial score (nSPS) is 10.8. The molecule has 0 saturated heterocycles. The smallest absolute Gasteiger partial charge is 0.182 e. The van der Waals surface area contributed by atoms with Crippen LogP contribution in [0.5, 0.6) is 0 Å². The highest BCUT2D eigenvalue weighted by molar-refractivity contribution is 9.10. The number of imidazole rings is 1. The van der Waals surface area contributed by atoms with E-state index in [1.807, 2.05) is 0 Å². The average Bonchev–Trinajstić information content (AvgIpc) is 2.43. The number of hydrogen-bond acceptors (Lipinski definition) is 2. The molecule has 0 aliphatic rings. The van der Waals surface area contributed by atoms with Gasteiger partial charge in [-0.25, -0.2) is 13.8 Å². The van der Waals surface area contributed by atoms with Crippen LogP contribution >= 0.6 is 15.9 Å². The van der Waals surface area contributed by atoms with Crippen LogP contribution in [-0.2, 0) is 0 Å². The Kier molecular flexibility index (Phi) is 2.67. The van der Waals surface area contributed by atoms with Crippen LogP contribution in [-0.4, -0.2) is 9.55 Å². The molecule has 0 radical (unpaired) electrons. The van der Waals surface area contributed by atoms with Crippen LogP contribution in [0.25, 0.3) is 5.69 Å². The molecule has 0 aliphatic carbocycles. The number of halogens is 3. The van der Waals surface area contributed by atoms with Crippen molar-refractivity contribution in [2.45, 2.75) is 6.92 Å². The highest BCUT2D eigenvalue weighted by atomic mass is 79.9. The topological polar surface area (TPSA) is 43.8 Å². The first-order valence-electron chi connectivity index (χ1n) is 4.45. The lowest BCUT2D eigenvalue weighted by Crippen LogP contribution is -2.02. The Morgan fingerprint density at radius 1 is 1.31 bits per heavy atom. The van der Waals surface area contributed by atoms with E-state index in [-0.39, 0.29) is 11.4 Å². The summed E-state index contributed by atoms with van der Waals surface area (Å²) in [6, 6.07) is 2.14. The Morgan fingerprint density at radius 2 is 1.88 bits per heavy atom. The Balaban J connectivity index is 2.69. The number of anilines is 1. The highest BCUT2D eigenvalue weighted by Gasteiger charge is 2.15. The van der Waals surface area contributed by atoms with Crippen LogP contribution in [0, 0.1) is 18.6 Å². The fourth-order valence-electron chi connectivity index (χ4n) is 1.44. The number of benzene rings is 1. The van der Waals surface area contributed by atoms with Gasteiger partial charge in [-0.3, -0.25) is 4.57 Å². The van der Waals surface area contributed by atoms with Crippen molar-refractivity contribution < 1.29 is 8.78 Å². The molecule has 1 heterocycles. The number of aryl methyl sites for hydroxylation is 1. The van der Waals surface area contributed by atoms with Crippen molar-refractivity contribution in [3.05, 3.63) is 40.4 Å². The molecule has 2 N–H and O–H groups in total. The molecule has 2 aromatic rings. The Hall–Kier alpha value is -1.43. The summed E-state index contributed by atoms with van der Waals surface area (Å²) in [6.07, 6.45) is 1.53. The van der Waals surface area contributed by atoms with E-state index >= 15 is 0 Å². The van der Waals surface area contributed by atoms with Crippen molar-refractivity contribution in [1.29, 1.82) is 0 Å². The molecule has 2 rings (SSSR count). The minimum absolute atomic E-state index is 0.0479. The first kappa shape index (κ1) is 11.1. The first-order chi connectivity index (χ1) is 7.49. The predicted octanol–water partition coefficient (Wildman–Crippen LogP) is 2.80. The lowest BCUT2D eigenvalue weighted by Gasteiger charge is -2.07. The van der Waals surface area contributed by atoms with Crippen molar-refractivity contribution >= 4 is 21.6 Å². The van der Waals surface area contributed by atoms with Crippen LogP contribution in [0.3, 0.4) is 0 Å². The number of hydrogen-bond donors (Lipinski definition) is 1. The van der Waals surface area contributed by atoms with Gasteiger partial charge in [0.05, 0.1) is 5.69 Å². The molecule has 0 unspecified atom stereocenters. The lowest BCUT2D eigenvalue weighted by atomic mass is 10.2. The van der Waals surface area contributed by atoms with Gasteiger partial charge in [0.15, 0.2) is 16.4 Å². The van der Waals surface area contributed by atoms with Crippen LogP contribution in [0.1, 0.15) is 5.69 Å². The zero-order valence-corrected chi connectivity index (χ0v) is 9.92. The second-order valence-corrected chi connectivity index (χ2v) is 4.06. The third-order valence-corrected chi connectivity index (χ3v) is 2.62. The summed E-state index contributed by atoms with van der Waals surface area (Å²) < 4.78 is 28.8. The van der Waals surface area contributed by atoms with Crippen LogP contribution in [0.15, 0.2) is 23.1 Å². The molecule has 16 heavy (non-hydrogen) atoms. The molecule has 0 atom stereocenters. The van der Waals surface area contributed by atoms with Crippen molar-refractivity contribution in [2.24, 2.45) is 0 Å². The SMILES string of the molecule is Cc1cn(-c2c(F)cc(N)cc2F)c(Br)n1. The maximum absolute atomic E-state index is 13.6. The molecule has 0 aliphatic heterocycles. The molecule has 1 aromatic carbocycles. The molecule has 0 amide bonds. The quantitative estimate of drug-likeness (QED) is 0.820. The van der Waals surface area contributed by atoms with Gasteiger partial charge in [0.25, 0.3) is 0 Å². The standard InChI is InChI=1S/C10H8BrF2N3/c1-5-4-16(10(11)15-5)9-7(12)2-6(14)3-8(9)13/h2-4H,14H2,1H3. The van der Waals surface area contributed by atoms with Crippen LogP contribution < -0.4 is 5.73 Å². The lowest BCUT2D eigenvalue weighted by molar-refractivity contribution is 0.569. The summed E-state index contributed by atoms with van der Waals surface area (Å²) in [4.78, 5) is 4.01. The van der Waals surface area contributed by atoms with E-state index in [2.05, 4.69) is 20.9 Å². The van der Waals surface area contributed by atoms with Gasteiger partial charge in [0, 0.05) is 11.9 Å². The highest BCUT2D eigenvalue weighted by Crippen LogP contribution is 2.24. The van der Waals surface area contributed by atoms with E-state index in [0.29, 0.717) is 10.4 Å². The van der Waals surface area contributed by atoms with Crippen molar-refractivity contribution in [3.8, 4) is 5.69 Å². The fraction of sp³-hybridized carbons (Fsp3) is 0.100. The summed E-state index contributed by atoms with van der Waals surface area (Å²) in [6.45, 7) is 1.73. The minimum atomic E-state index is -0.726. The Bertz CT molecular complexity index is 528. The zero-order chi connectivity index (χ0) is 11.9. The second kappa shape index (κ2) is 3.86. The van der Waals surface area contributed by atoms with Gasteiger partial charge in [-0.05, 0) is 35.0 Å². The maximum Gasteiger partial charge on any atom is 0.182 e. The van der Waals surface area contributed by atoms with Crippen molar-refractivity contribution in [3.63, 3.8) is 0 Å². The van der Waals surface area contributed by atoms with Gasteiger partial charge in [-0.1, -0.05) is 0 Å². The van der Waals surface area contributed by atoms with Gasteiger partial charge < -0.3 is 5.73 Å². The van der Waals surface area contributed by atoms with E-state index in [1.54, 1.807) is 6.92 Å². The second-order valence-electron chi connectivity index (χ2n) is 3.35. The van der Waals surface area contributed by atoms with Gasteiger partial charge in [-0.15, -0.1) is 0 Å². The van der Waals surface area contributed by atoms with E-state index in [0.717, 1.165) is 12.1 Å². The summed E-state index contributed by atoms with van der Waals surface area (Å²) in [5.74, 6) is -1.45. The minimum Gasteiger partial charge on any atom is -0.399 e. The predicted molar refractivity (Wildman–Crippen MR) is 60.3 cm³/mol. The monoisotopic (exact) mass is 287 g/mol. The summed E-state index contributed by atoms with van der Waals surface area (Å²) >= 11 is 3.13. The third-order valence-electron chi connectivity index (χ3n) is 2.06. The molecule has 84 valence electrons. The molecule has 0 spiro atoms. The zero-order valence-electron chi connectivity index (χ0n) is 8.34. The Labute approximate surface area is 99.0 Å². The number of rotatable bonds is 1. The summed E-state index contributed by atoms with van der Waals surface area (Å²) in [5, 5.41) is 0. The molecule has 0 fully saturated rings. The van der Waals surface area contributed by atoms with Gasteiger partial charge >= 0.3 is 0 Å². The molecule has 6 heteroatoms. The molecule has 0 saturated carbocycles. The number of nitrogens with two attached hydrogens (primary N) is 1. The van der Waals surface area contributed by atoms with Gasteiger partial charge in [-0.2, -0.15) is 0 Å². The molecular formula is C10H8BrF2N3. The van der Waals surface area contributed by atoms with E-state index in [4.69, 9.17) is 5.73 Å². The van der Waals surface area contributed by atoms with Crippen LogP contribution in [0.2, 0.25) is 0 Å². The first-order valence-corrected chi connectivity index (χ1v) is 5.24. The number of aromatic nitrogens is 2. The summed E-state index contributed by atoms with van der Waals surface area (Å²) in [7, 11) is 0. The van der Waals surface area contributed by atoms with Crippen molar-refractivity contribution in [1.82, 2.24) is 9.55 Å². The molecule has 1 aromatic heterocycles. The van der Waals surface area contributed by atoms with Crippen LogP contribution in [0.4, 0.5) is 14.5 Å². The van der Waals surface area contributed by atoms with Gasteiger partial charge in [0.2, 0.25) is 0 Å². The van der Waals surface area contributed by atoms with Crippen molar-refractivity contribution in [2.75, 3.05) is 5.73 Å². The van der Waals surface area contributed by atoms with Gasteiger partial charge in [0.1, 0.15) is 5.69 Å². The van der Waals surface area contributed by atoms with E-state index in [9.17, 15) is 8.78 Å². The van der Waals surface area contributed by atoms with E-state index in [1.165, 1.54) is 10.8 Å². The molecule has 0 bridgehead atoms. The fourth-order valence-corrected chi connectivity index (χ4v) is 2.00.